The molecule has 2 fully saturated rings. The van der Waals surface area contributed by atoms with Crippen LogP contribution in [0.1, 0.15) is 49.1 Å². The van der Waals surface area contributed by atoms with Gasteiger partial charge in [0.1, 0.15) is 0 Å². The molecule has 1 unspecified atom stereocenters. The number of ether oxygens (including phenoxy) is 2. The van der Waals surface area contributed by atoms with E-state index in [1.165, 1.54) is 37.7 Å². The van der Waals surface area contributed by atoms with Gasteiger partial charge in [-0.15, -0.1) is 0 Å². The van der Waals surface area contributed by atoms with E-state index in [2.05, 4.69) is 23.2 Å². The van der Waals surface area contributed by atoms with Crippen LogP contribution in [0, 0.1) is 12.8 Å². The van der Waals surface area contributed by atoms with E-state index in [1.807, 2.05) is 6.92 Å². The molecule has 2 aliphatic rings. The van der Waals surface area contributed by atoms with Crippen molar-refractivity contribution in [2.75, 3.05) is 13.2 Å². The number of hydrogen-bond acceptors (Lipinski definition) is 3. The maximum absolute atomic E-state index is 11.8. The molecular formula is C20H25NO3. The largest absolute Gasteiger partial charge is 0.350 e. The lowest BCUT2D eigenvalue weighted by Gasteiger charge is -2.33. The quantitative estimate of drug-likeness (QED) is 0.931. The number of H-pyrrole nitrogens is 1. The molecule has 0 radical (unpaired) electrons. The highest BCUT2D eigenvalue weighted by atomic mass is 16.7. The average molecular weight is 327 g/mol. The number of rotatable bonds is 3. The number of aryl methyl sites for hydroxylation is 1. The van der Waals surface area contributed by atoms with Crippen molar-refractivity contribution < 1.29 is 9.47 Å². The Bertz CT molecular complexity index is 770. The molecule has 4 rings (SSSR count). The third kappa shape index (κ3) is 3.01. The molecule has 24 heavy (non-hydrogen) atoms. The SMILES string of the molecule is Cc1cc(=O)[nH]c2cc(C(C3CCCCC3)C3OCCO3)ccc12. The molecule has 4 nitrogen and oxygen atoms in total. The first kappa shape index (κ1) is 15.9. The summed E-state index contributed by atoms with van der Waals surface area (Å²) in [5.41, 5.74) is 3.11. The topological polar surface area (TPSA) is 51.3 Å². The van der Waals surface area contributed by atoms with E-state index in [9.17, 15) is 4.79 Å². The number of fused-ring (bicyclic) bond motifs is 1. The summed E-state index contributed by atoms with van der Waals surface area (Å²) in [6.45, 7) is 3.34. The predicted molar refractivity (Wildman–Crippen MR) is 94.3 cm³/mol. The highest BCUT2D eigenvalue weighted by Crippen LogP contribution is 2.41. The van der Waals surface area contributed by atoms with Gasteiger partial charge >= 0.3 is 0 Å². The van der Waals surface area contributed by atoms with E-state index < -0.39 is 0 Å². The molecule has 4 heteroatoms. The summed E-state index contributed by atoms with van der Waals surface area (Å²) in [5, 5.41) is 1.11. The fraction of sp³-hybridized carbons (Fsp3) is 0.550. The average Bonchev–Trinajstić information content (AvgIpc) is 3.10. The lowest BCUT2D eigenvalue weighted by Crippen LogP contribution is -2.28. The van der Waals surface area contributed by atoms with Gasteiger partial charge in [0.2, 0.25) is 5.56 Å². The smallest absolute Gasteiger partial charge is 0.248 e. The van der Waals surface area contributed by atoms with Crippen molar-refractivity contribution in [3.63, 3.8) is 0 Å². The molecule has 1 aliphatic carbocycles. The Morgan fingerprint density at radius 2 is 1.83 bits per heavy atom. The van der Waals surface area contributed by atoms with Crippen LogP contribution in [0.25, 0.3) is 10.9 Å². The molecular weight excluding hydrogens is 302 g/mol. The van der Waals surface area contributed by atoms with Gasteiger partial charge in [0.25, 0.3) is 0 Å². The van der Waals surface area contributed by atoms with Gasteiger partial charge in [0.15, 0.2) is 6.29 Å². The molecule has 2 heterocycles. The summed E-state index contributed by atoms with van der Waals surface area (Å²) < 4.78 is 11.8. The third-order valence-corrected chi connectivity index (χ3v) is 5.56. The molecule has 1 saturated heterocycles. The summed E-state index contributed by atoms with van der Waals surface area (Å²) in [4.78, 5) is 14.8. The fourth-order valence-corrected chi connectivity index (χ4v) is 4.39. The Kier molecular flexibility index (Phi) is 4.42. The lowest BCUT2D eigenvalue weighted by molar-refractivity contribution is -0.0770. The van der Waals surface area contributed by atoms with Gasteiger partial charge in [-0.05, 0) is 42.9 Å². The van der Waals surface area contributed by atoms with Crippen molar-refractivity contribution in [1.82, 2.24) is 4.98 Å². The van der Waals surface area contributed by atoms with Crippen LogP contribution in [-0.4, -0.2) is 24.5 Å². The molecule has 128 valence electrons. The van der Waals surface area contributed by atoms with Crippen molar-refractivity contribution in [2.24, 2.45) is 5.92 Å². The number of aromatic nitrogens is 1. The minimum atomic E-state index is -0.151. The summed E-state index contributed by atoms with van der Waals surface area (Å²) in [5.74, 6) is 0.844. The molecule has 2 aromatic rings. The number of hydrogen-bond donors (Lipinski definition) is 1. The summed E-state index contributed by atoms with van der Waals surface area (Å²) in [7, 11) is 0. The van der Waals surface area contributed by atoms with E-state index in [-0.39, 0.29) is 17.8 Å². The van der Waals surface area contributed by atoms with E-state index in [0.717, 1.165) is 16.5 Å². The molecule has 1 saturated carbocycles. The van der Waals surface area contributed by atoms with E-state index in [1.54, 1.807) is 6.07 Å². The summed E-state index contributed by atoms with van der Waals surface area (Å²) >= 11 is 0. The standard InChI is InChI=1S/C20H25NO3/c1-13-11-18(22)21-17-12-15(7-8-16(13)17)19(20-23-9-10-24-20)14-5-3-2-4-6-14/h7-8,11-12,14,19-20H,2-6,9-10H2,1H3,(H,21,22). The van der Waals surface area contributed by atoms with Crippen molar-refractivity contribution >= 4 is 10.9 Å². The Hall–Kier alpha value is -1.65. The fourth-order valence-electron chi connectivity index (χ4n) is 4.39. The monoisotopic (exact) mass is 327 g/mol. The summed E-state index contributed by atoms with van der Waals surface area (Å²) in [6, 6.07) is 8.11. The van der Waals surface area contributed by atoms with Gasteiger partial charge in [-0.2, -0.15) is 0 Å². The Labute approximate surface area is 142 Å². The van der Waals surface area contributed by atoms with Gasteiger partial charge < -0.3 is 14.5 Å². The van der Waals surface area contributed by atoms with Crippen LogP contribution >= 0.6 is 0 Å². The van der Waals surface area contributed by atoms with Gasteiger partial charge in [0, 0.05) is 22.9 Å². The molecule has 1 aromatic heterocycles. The first-order valence-corrected chi connectivity index (χ1v) is 9.09. The second-order valence-corrected chi connectivity index (χ2v) is 7.16. The second-order valence-electron chi connectivity index (χ2n) is 7.16. The molecule has 0 spiro atoms. The number of aromatic amines is 1. The van der Waals surface area contributed by atoms with E-state index in [4.69, 9.17) is 9.47 Å². The number of pyridine rings is 1. The van der Waals surface area contributed by atoms with Crippen molar-refractivity contribution in [2.45, 2.75) is 51.2 Å². The zero-order valence-electron chi connectivity index (χ0n) is 14.2. The van der Waals surface area contributed by atoms with Crippen LogP contribution in [0.2, 0.25) is 0 Å². The first-order chi connectivity index (χ1) is 11.7. The second kappa shape index (κ2) is 6.69. The number of benzene rings is 1. The predicted octanol–water partition coefficient (Wildman–Crippen LogP) is 3.87. The third-order valence-electron chi connectivity index (χ3n) is 5.56. The minimum Gasteiger partial charge on any atom is -0.350 e. The van der Waals surface area contributed by atoms with Crippen molar-refractivity contribution in [1.29, 1.82) is 0 Å². The Balaban J connectivity index is 1.76. The van der Waals surface area contributed by atoms with Crippen LogP contribution in [0.15, 0.2) is 29.1 Å². The molecule has 0 bridgehead atoms. The first-order valence-electron chi connectivity index (χ1n) is 9.09. The Morgan fingerprint density at radius 1 is 1.08 bits per heavy atom. The van der Waals surface area contributed by atoms with Crippen molar-refractivity contribution in [3.05, 3.63) is 45.7 Å². The van der Waals surface area contributed by atoms with Gasteiger partial charge in [-0.25, -0.2) is 0 Å². The maximum atomic E-state index is 11.8. The van der Waals surface area contributed by atoms with Crippen LogP contribution in [0.3, 0.4) is 0 Å². The number of nitrogens with one attached hydrogen (secondary N) is 1. The lowest BCUT2D eigenvalue weighted by atomic mass is 9.76. The zero-order chi connectivity index (χ0) is 16.5. The van der Waals surface area contributed by atoms with E-state index >= 15 is 0 Å². The van der Waals surface area contributed by atoms with Crippen LogP contribution < -0.4 is 5.56 Å². The van der Waals surface area contributed by atoms with Crippen LogP contribution in [0.4, 0.5) is 0 Å². The molecule has 1 aliphatic heterocycles. The van der Waals surface area contributed by atoms with Crippen LogP contribution in [-0.2, 0) is 9.47 Å². The Morgan fingerprint density at radius 3 is 2.58 bits per heavy atom. The van der Waals surface area contributed by atoms with Gasteiger partial charge in [-0.1, -0.05) is 31.4 Å². The molecule has 1 atom stereocenters. The van der Waals surface area contributed by atoms with Crippen molar-refractivity contribution in [3.8, 4) is 0 Å². The normalized spacial score (nSPS) is 21.4. The van der Waals surface area contributed by atoms with E-state index in [0.29, 0.717) is 19.1 Å². The molecule has 0 amide bonds. The van der Waals surface area contributed by atoms with Gasteiger partial charge in [0.05, 0.1) is 13.2 Å². The highest BCUT2D eigenvalue weighted by molar-refractivity contribution is 5.82. The molecule has 1 N–H and O–H groups in total. The summed E-state index contributed by atoms with van der Waals surface area (Å²) in [6.07, 6.45) is 6.23. The van der Waals surface area contributed by atoms with Gasteiger partial charge in [-0.3, -0.25) is 4.79 Å². The molecule has 1 aromatic carbocycles. The van der Waals surface area contributed by atoms with Crippen LogP contribution in [0.5, 0.6) is 0 Å². The minimum absolute atomic E-state index is 0.0419. The zero-order valence-corrected chi connectivity index (χ0v) is 14.2. The maximum Gasteiger partial charge on any atom is 0.248 e. The highest BCUT2D eigenvalue weighted by Gasteiger charge is 2.35.